The molecule has 110 valence electrons. The van der Waals surface area contributed by atoms with Crippen LogP contribution in [0.2, 0.25) is 0 Å². The van der Waals surface area contributed by atoms with Crippen LogP contribution >= 0.6 is 0 Å². The number of hydrogen-bond donors (Lipinski definition) is 2. The van der Waals surface area contributed by atoms with E-state index in [9.17, 15) is 9.90 Å². The van der Waals surface area contributed by atoms with Crippen LogP contribution in [0.5, 0.6) is 5.75 Å². The minimum Gasteiger partial charge on any atom is -0.484 e. The van der Waals surface area contributed by atoms with Crippen LogP contribution in [0, 0.1) is 5.92 Å². The maximum atomic E-state index is 11.8. The highest BCUT2D eigenvalue weighted by Gasteiger charge is 2.27. The first-order chi connectivity index (χ1) is 9.72. The van der Waals surface area contributed by atoms with Gasteiger partial charge in [0.2, 0.25) is 0 Å². The number of rotatable bonds is 6. The van der Waals surface area contributed by atoms with Crippen molar-refractivity contribution in [2.45, 2.75) is 38.6 Å². The lowest BCUT2D eigenvalue weighted by Gasteiger charge is -2.19. The quantitative estimate of drug-likeness (QED) is 0.835. The number of carbonyl (C=O) groups is 1. The number of nitrogens with one attached hydrogen (secondary N) is 1. The van der Waals surface area contributed by atoms with E-state index in [1.165, 1.54) is 5.56 Å². The molecule has 0 aliphatic heterocycles. The van der Waals surface area contributed by atoms with Gasteiger partial charge in [-0.15, -0.1) is 0 Å². The molecule has 1 amide bonds. The van der Waals surface area contributed by atoms with E-state index in [-0.39, 0.29) is 31.1 Å². The highest BCUT2D eigenvalue weighted by atomic mass is 16.5. The molecule has 2 atom stereocenters. The zero-order chi connectivity index (χ0) is 14.4. The Balaban J connectivity index is 1.76. The molecular weight excluding hydrogens is 254 g/mol. The number of carbonyl (C=O) groups excluding carboxylic acids is 1. The fourth-order valence-electron chi connectivity index (χ4n) is 2.66. The second kappa shape index (κ2) is 7.29. The lowest BCUT2D eigenvalue weighted by Crippen LogP contribution is -2.40. The number of aliphatic hydroxyl groups excluding tert-OH is 1. The molecule has 4 nitrogen and oxygen atoms in total. The first-order valence-corrected chi connectivity index (χ1v) is 7.35. The van der Waals surface area contributed by atoms with Crippen LogP contribution in [-0.2, 0) is 11.2 Å². The van der Waals surface area contributed by atoms with Crippen LogP contribution in [0.15, 0.2) is 24.3 Å². The fourth-order valence-corrected chi connectivity index (χ4v) is 2.66. The zero-order valence-electron chi connectivity index (χ0n) is 12.0. The summed E-state index contributed by atoms with van der Waals surface area (Å²) in [5.41, 5.74) is 1.25. The molecule has 0 radical (unpaired) electrons. The van der Waals surface area contributed by atoms with Crippen LogP contribution in [0.1, 0.15) is 31.7 Å². The van der Waals surface area contributed by atoms with E-state index in [4.69, 9.17) is 4.74 Å². The van der Waals surface area contributed by atoms with Crippen molar-refractivity contribution >= 4 is 5.91 Å². The largest absolute Gasteiger partial charge is 0.484 e. The SMILES string of the molecule is CCc1ccc(OCC(=O)NC2CCCC2CO)cc1. The number of aliphatic hydroxyl groups is 1. The molecule has 20 heavy (non-hydrogen) atoms. The monoisotopic (exact) mass is 277 g/mol. The average Bonchev–Trinajstić information content (AvgIpc) is 2.92. The topological polar surface area (TPSA) is 58.6 Å². The molecule has 1 fully saturated rings. The van der Waals surface area contributed by atoms with Crippen molar-refractivity contribution in [1.82, 2.24) is 5.32 Å². The molecule has 1 aromatic carbocycles. The van der Waals surface area contributed by atoms with E-state index in [0.29, 0.717) is 5.75 Å². The molecule has 2 unspecified atom stereocenters. The summed E-state index contributed by atoms with van der Waals surface area (Å²) in [6.07, 6.45) is 3.99. The number of hydrogen-bond acceptors (Lipinski definition) is 3. The summed E-state index contributed by atoms with van der Waals surface area (Å²) in [6.45, 7) is 2.27. The Morgan fingerprint density at radius 3 is 2.75 bits per heavy atom. The molecule has 0 saturated heterocycles. The smallest absolute Gasteiger partial charge is 0.258 e. The molecule has 0 spiro atoms. The van der Waals surface area contributed by atoms with Crippen LogP contribution in [0.25, 0.3) is 0 Å². The van der Waals surface area contributed by atoms with Gasteiger partial charge in [0.25, 0.3) is 5.91 Å². The van der Waals surface area contributed by atoms with Gasteiger partial charge >= 0.3 is 0 Å². The van der Waals surface area contributed by atoms with Gasteiger partial charge < -0.3 is 15.2 Å². The molecule has 0 heterocycles. The van der Waals surface area contributed by atoms with Gasteiger partial charge in [-0.05, 0) is 37.0 Å². The van der Waals surface area contributed by atoms with Gasteiger partial charge in [-0.1, -0.05) is 25.5 Å². The lowest BCUT2D eigenvalue weighted by molar-refractivity contribution is -0.124. The number of benzene rings is 1. The Morgan fingerprint density at radius 2 is 2.10 bits per heavy atom. The molecule has 0 aromatic heterocycles. The second-order valence-electron chi connectivity index (χ2n) is 5.33. The van der Waals surface area contributed by atoms with Crippen molar-refractivity contribution in [1.29, 1.82) is 0 Å². The molecule has 1 aliphatic rings. The van der Waals surface area contributed by atoms with Crippen LogP contribution in [-0.4, -0.2) is 30.3 Å². The first-order valence-electron chi connectivity index (χ1n) is 7.35. The fraction of sp³-hybridized carbons (Fsp3) is 0.562. The van der Waals surface area contributed by atoms with Gasteiger partial charge in [-0.2, -0.15) is 0 Å². The summed E-state index contributed by atoms with van der Waals surface area (Å²) in [7, 11) is 0. The maximum absolute atomic E-state index is 11.8. The summed E-state index contributed by atoms with van der Waals surface area (Å²) in [6, 6.07) is 7.88. The minimum atomic E-state index is -0.116. The summed E-state index contributed by atoms with van der Waals surface area (Å²) < 4.78 is 5.47. The van der Waals surface area contributed by atoms with Crippen molar-refractivity contribution in [3.8, 4) is 5.75 Å². The van der Waals surface area contributed by atoms with E-state index >= 15 is 0 Å². The minimum absolute atomic E-state index is 0.0279. The summed E-state index contributed by atoms with van der Waals surface area (Å²) in [4.78, 5) is 11.8. The summed E-state index contributed by atoms with van der Waals surface area (Å²) >= 11 is 0. The van der Waals surface area contributed by atoms with Crippen molar-refractivity contribution in [2.24, 2.45) is 5.92 Å². The number of aryl methyl sites for hydroxylation is 1. The van der Waals surface area contributed by atoms with Crippen molar-refractivity contribution in [3.63, 3.8) is 0 Å². The molecule has 2 N–H and O–H groups in total. The molecular formula is C16H23NO3. The van der Waals surface area contributed by atoms with Crippen LogP contribution < -0.4 is 10.1 Å². The van der Waals surface area contributed by atoms with Gasteiger partial charge in [-0.25, -0.2) is 0 Å². The van der Waals surface area contributed by atoms with E-state index in [1.54, 1.807) is 0 Å². The normalized spacial score (nSPS) is 21.7. The third kappa shape index (κ3) is 3.97. The third-order valence-corrected chi connectivity index (χ3v) is 3.94. The van der Waals surface area contributed by atoms with E-state index < -0.39 is 0 Å². The predicted octanol–water partition coefficient (Wildman–Crippen LogP) is 1.90. The van der Waals surface area contributed by atoms with Crippen LogP contribution in [0.4, 0.5) is 0 Å². The van der Waals surface area contributed by atoms with Gasteiger partial charge in [0.1, 0.15) is 5.75 Å². The van der Waals surface area contributed by atoms with E-state index in [0.717, 1.165) is 25.7 Å². The molecule has 2 rings (SSSR count). The Labute approximate surface area is 120 Å². The van der Waals surface area contributed by atoms with Crippen LogP contribution in [0.3, 0.4) is 0 Å². The zero-order valence-corrected chi connectivity index (χ0v) is 12.0. The predicted molar refractivity (Wildman–Crippen MR) is 77.7 cm³/mol. The Bertz CT molecular complexity index is 430. The summed E-state index contributed by atoms with van der Waals surface area (Å²) in [5.74, 6) is 0.792. The first kappa shape index (κ1) is 14.9. The number of amides is 1. The van der Waals surface area contributed by atoms with Gasteiger partial charge in [0, 0.05) is 18.6 Å². The Hall–Kier alpha value is -1.55. The second-order valence-corrected chi connectivity index (χ2v) is 5.33. The highest BCUT2D eigenvalue weighted by molar-refractivity contribution is 5.77. The van der Waals surface area contributed by atoms with E-state index in [1.807, 2.05) is 24.3 Å². The Morgan fingerprint density at radius 1 is 1.35 bits per heavy atom. The third-order valence-electron chi connectivity index (χ3n) is 3.94. The standard InChI is InChI=1S/C16H23NO3/c1-2-12-6-8-14(9-7-12)20-11-16(19)17-15-5-3-4-13(15)10-18/h6-9,13,15,18H,2-5,10-11H2,1H3,(H,17,19). The van der Waals surface area contributed by atoms with Gasteiger partial charge in [0.05, 0.1) is 0 Å². The molecule has 1 aromatic rings. The highest BCUT2D eigenvalue weighted by Crippen LogP contribution is 2.24. The maximum Gasteiger partial charge on any atom is 0.258 e. The average molecular weight is 277 g/mol. The van der Waals surface area contributed by atoms with Crippen molar-refractivity contribution < 1.29 is 14.6 Å². The number of ether oxygens (including phenoxy) is 1. The van der Waals surface area contributed by atoms with Crippen molar-refractivity contribution in [2.75, 3.05) is 13.2 Å². The van der Waals surface area contributed by atoms with Gasteiger partial charge in [0.15, 0.2) is 6.61 Å². The van der Waals surface area contributed by atoms with Gasteiger partial charge in [-0.3, -0.25) is 4.79 Å². The van der Waals surface area contributed by atoms with E-state index in [2.05, 4.69) is 12.2 Å². The molecule has 0 bridgehead atoms. The molecule has 1 aliphatic carbocycles. The molecule has 4 heteroatoms. The summed E-state index contributed by atoms with van der Waals surface area (Å²) in [5, 5.41) is 12.2. The van der Waals surface area contributed by atoms with Crippen molar-refractivity contribution in [3.05, 3.63) is 29.8 Å². The lowest BCUT2D eigenvalue weighted by atomic mass is 10.1. The Kier molecular flexibility index (Phi) is 5.41. The molecule has 1 saturated carbocycles.